The molecule has 0 fully saturated rings. The zero-order valence-electron chi connectivity index (χ0n) is 18.0. The van der Waals surface area contributed by atoms with Gasteiger partial charge < -0.3 is 15.4 Å². The van der Waals surface area contributed by atoms with Crippen LogP contribution in [0.2, 0.25) is 0 Å². The van der Waals surface area contributed by atoms with Crippen molar-refractivity contribution in [2.45, 2.75) is 33.4 Å². The van der Waals surface area contributed by atoms with Gasteiger partial charge in [-0.2, -0.15) is 0 Å². The lowest BCUT2D eigenvalue weighted by Gasteiger charge is -2.17. The molecule has 2 rings (SSSR count). The van der Waals surface area contributed by atoms with Gasteiger partial charge >= 0.3 is 0 Å². The Labute approximate surface area is 181 Å². The van der Waals surface area contributed by atoms with Crippen LogP contribution in [0.5, 0.6) is 5.75 Å². The summed E-state index contributed by atoms with van der Waals surface area (Å²) in [5.74, 6) is 1.29. The highest BCUT2D eigenvalue weighted by Gasteiger charge is 2.21. The molecule has 0 saturated carbocycles. The molecule has 0 aliphatic rings. The number of hydrogen-bond acceptors (Lipinski definition) is 5. The summed E-state index contributed by atoms with van der Waals surface area (Å²) < 4.78 is 5.34. The van der Waals surface area contributed by atoms with Crippen LogP contribution in [0, 0.1) is 5.41 Å². The van der Waals surface area contributed by atoms with Crippen molar-refractivity contribution >= 4 is 40.7 Å². The molecule has 0 saturated heterocycles. The standard InChI is InChI=1S/C23H28N2O4S/c1-15(26)16-6-11-20(29-5)17(12-16)13-30-14-21(27)24-18-7-9-19(10-8-18)25-22(28)23(2,3)4/h6-12H,13-14H2,1-5H3,(H,24,27)(H,25,28). The van der Waals surface area contributed by atoms with Gasteiger partial charge in [-0.1, -0.05) is 20.8 Å². The van der Waals surface area contributed by atoms with Crippen molar-refractivity contribution in [3.63, 3.8) is 0 Å². The van der Waals surface area contributed by atoms with Crippen LogP contribution in [0.15, 0.2) is 42.5 Å². The van der Waals surface area contributed by atoms with E-state index in [4.69, 9.17) is 4.74 Å². The van der Waals surface area contributed by atoms with Crippen LogP contribution < -0.4 is 15.4 Å². The molecule has 0 aromatic heterocycles. The van der Waals surface area contributed by atoms with Crippen molar-refractivity contribution in [1.29, 1.82) is 0 Å². The van der Waals surface area contributed by atoms with Crippen LogP contribution in [-0.2, 0) is 15.3 Å². The Morgan fingerprint density at radius 3 is 2.10 bits per heavy atom. The van der Waals surface area contributed by atoms with Crippen molar-refractivity contribution in [2.24, 2.45) is 5.41 Å². The van der Waals surface area contributed by atoms with Gasteiger partial charge in [0, 0.05) is 33.7 Å². The minimum atomic E-state index is -0.475. The second-order valence-corrected chi connectivity index (χ2v) is 8.89. The smallest absolute Gasteiger partial charge is 0.234 e. The first-order valence-corrected chi connectivity index (χ1v) is 10.7. The average molecular weight is 429 g/mol. The Kier molecular flexibility index (Phi) is 8.06. The minimum Gasteiger partial charge on any atom is -0.496 e. The molecule has 160 valence electrons. The maximum Gasteiger partial charge on any atom is 0.234 e. The van der Waals surface area contributed by atoms with E-state index in [9.17, 15) is 14.4 Å². The van der Waals surface area contributed by atoms with Crippen LogP contribution in [0.25, 0.3) is 0 Å². The molecule has 0 atom stereocenters. The lowest BCUT2D eigenvalue weighted by atomic mass is 9.95. The molecule has 0 spiro atoms. The van der Waals surface area contributed by atoms with Crippen LogP contribution in [0.3, 0.4) is 0 Å². The number of ether oxygens (including phenoxy) is 1. The van der Waals surface area contributed by atoms with Crippen molar-refractivity contribution < 1.29 is 19.1 Å². The fourth-order valence-electron chi connectivity index (χ4n) is 2.52. The van der Waals surface area contributed by atoms with E-state index in [1.165, 1.54) is 18.7 Å². The number of thioether (sulfide) groups is 1. The Morgan fingerprint density at radius 1 is 0.967 bits per heavy atom. The summed E-state index contributed by atoms with van der Waals surface area (Å²) in [5.41, 5.74) is 2.36. The van der Waals surface area contributed by atoms with Gasteiger partial charge in [0.05, 0.1) is 12.9 Å². The molecule has 2 N–H and O–H groups in total. The van der Waals surface area contributed by atoms with E-state index >= 15 is 0 Å². The lowest BCUT2D eigenvalue weighted by Crippen LogP contribution is -2.27. The topological polar surface area (TPSA) is 84.5 Å². The molecular formula is C23H28N2O4S. The third-order valence-corrected chi connectivity index (χ3v) is 5.27. The molecule has 30 heavy (non-hydrogen) atoms. The fourth-order valence-corrected chi connectivity index (χ4v) is 3.32. The van der Waals surface area contributed by atoms with Crippen LogP contribution >= 0.6 is 11.8 Å². The molecule has 2 amide bonds. The maximum atomic E-state index is 12.2. The number of benzene rings is 2. The lowest BCUT2D eigenvalue weighted by molar-refractivity contribution is -0.123. The first-order chi connectivity index (χ1) is 14.1. The van der Waals surface area contributed by atoms with Gasteiger partial charge in [0.1, 0.15) is 5.75 Å². The molecule has 0 aliphatic heterocycles. The van der Waals surface area contributed by atoms with Gasteiger partial charge in [-0.3, -0.25) is 14.4 Å². The second-order valence-electron chi connectivity index (χ2n) is 7.91. The van der Waals surface area contributed by atoms with E-state index in [0.29, 0.717) is 28.4 Å². The van der Waals surface area contributed by atoms with Crippen molar-refractivity contribution in [2.75, 3.05) is 23.5 Å². The molecule has 2 aromatic carbocycles. The summed E-state index contributed by atoms with van der Waals surface area (Å²) in [7, 11) is 1.58. The number of amides is 2. The van der Waals surface area contributed by atoms with Crippen molar-refractivity contribution in [1.82, 2.24) is 0 Å². The minimum absolute atomic E-state index is 0.0104. The summed E-state index contributed by atoms with van der Waals surface area (Å²) in [4.78, 5) is 35.8. The van der Waals surface area contributed by atoms with Crippen molar-refractivity contribution in [3.8, 4) is 5.75 Å². The van der Waals surface area contributed by atoms with E-state index in [0.717, 1.165) is 5.56 Å². The molecule has 2 aromatic rings. The summed E-state index contributed by atoms with van der Waals surface area (Å²) in [5, 5.41) is 5.69. The van der Waals surface area contributed by atoms with E-state index < -0.39 is 5.41 Å². The second kappa shape index (κ2) is 10.3. The normalized spacial score (nSPS) is 11.0. The van der Waals surface area contributed by atoms with Gasteiger partial charge in [-0.05, 0) is 49.4 Å². The molecule has 6 nitrogen and oxygen atoms in total. The van der Waals surface area contributed by atoms with Crippen LogP contribution in [0.1, 0.15) is 43.6 Å². The van der Waals surface area contributed by atoms with Gasteiger partial charge in [0.2, 0.25) is 11.8 Å². The number of nitrogens with one attached hydrogen (secondary N) is 2. The van der Waals surface area contributed by atoms with Crippen molar-refractivity contribution in [3.05, 3.63) is 53.6 Å². The van der Waals surface area contributed by atoms with Crippen LogP contribution in [0.4, 0.5) is 11.4 Å². The Bertz CT molecular complexity index is 918. The van der Waals surface area contributed by atoms with Gasteiger partial charge in [0.15, 0.2) is 5.78 Å². The molecule has 0 aliphatic carbocycles. The predicted octanol–water partition coefficient (Wildman–Crippen LogP) is 4.75. The molecular weight excluding hydrogens is 400 g/mol. The molecule has 0 bridgehead atoms. The quantitative estimate of drug-likeness (QED) is 0.593. The number of Topliss-reactive ketones (excluding diaryl/α,β-unsaturated/α-hetero) is 1. The Morgan fingerprint density at radius 2 is 1.57 bits per heavy atom. The summed E-state index contributed by atoms with van der Waals surface area (Å²) in [6.07, 6.45) is 0. The highest BCUT2D eigenvalue weighted by atomic mass is 32.2. The molecule has 0 unspecified atom stereocenters. The first kappa shape index (κ1) is 23.5. The first-order valence-electron chi connectivity index (χ1n) is 9.57. The summed E-state index contributed by atoms with van der Waals surface area (Å²) in [6.45, 7) is 7.06. The number of hydrogen-bond donors (Lipinski definition) is 2. The zero-order chi connectivity index (χ0) is 22.3. The third-order valence-electron chi connectivity index (χ3n) is 4.29. The summed E-state index contributed by atoms with van der Waals surface area (Å²) in [6, 6.07) is 12.3. The number of ketones is 1. The molecule has 7 heteroatoms. The number of methoxy groups -OCH3 is 1. The van der Waals surface area contributed by atoms with Crippen LogP contribution in [-0.4, -0.2) is 30.5 Å². The number of carbonyl (C=O) groups is 3. The van der Waals surface area contributed by atoms with E-state index in [2.05, 4.69) is 10.6 Å². The third kappa shape index (κ3) is 6.91. The number of rotatable bonds is 8. The largest absolute Gasteiger partial charge is 0.496 e. The van der Waals surface area contributed by atoms with E-state index in [1.807, 2.05) is 20.8 Å². The highest BCUT2D eigenvalue weighted by Crippen LogP contribution is 2.25. The van der Waals surface area contributed by atoms with E-state index in [-0.39, 0.29) is 23.4 Å². The fraction of sp³-hybridized carbons (Fsp3) is 0.348. The summed E-state index contributed by atoms with van der Waals surface area (Å²) >= 11 is 1.44. The van der Waals surface area contributed by atoms with E-state index in [1.54, 1.807) is 49.6 Å². The Hall–Kier alpha value is -2.80. The van der Waals surface area contributed by atoms with Gasteiger partial charge in [0.25, 0.3) is 0 Å². The van der Waals surface area contributed by atoms with Gasteiger partial charge in [-0.15, -0.1) is 11.8 Å². The average Bonchev–Trinajstić information content (AvgIpc) is 2.68. The molecule has 0 heterocycles. The number of carbonyl (C=O) groups excluding carboxylic acids is 3. The SMILES string of the molecule is COc1ccc(C(C)=O)cc1CSCC(=O)Nc1ccc(NC(=O)C(C)(C)C)cc1. The molecule has 0 radical (unpaired) electrons. The highest BCUT2D eigenvalue weighted by molar-refractivity contribution is 7.99. The predicted molar refractivity (Wildman–Crippen MR) is 122 cm³/mol. The monoisotopic (exact) mass is 428 g/mol. The Balaban J connectivity index is 1.87. The maximum absolute atomic E-state index is 12.2. The number of anilines is 2. The van der Waals surface area contributed by atoms with Gasteiger partial charge in [-0.25, -0.2) is 0 Å². The zero-order valence-corrected chi connectivity index (χ0v) is 18.8.